The SMILES string of the molecule is CCCNC(=NC)NCCOc1cc(N2CCOCC2)cc(N)n1. The fraction of sp³-hybridized carbons (Fsp3) is 0.625. The van der Waals surface area contributed by atoms with Crippen LogP contribution in [0.2, 0.25) is 0 Å². The first-order valence-corrected chi connectivity index (χ1v) is 8.40. The van der Waals surface area contributed by atoms with Crippen LogP contribution in [0.1, 0.15) is 13.3 Å². The fourth-order valence-electron chi connectivity index (χ4n) is 2.38. The number of nitrogens with zero attached hydrogens (tertiary/aromatic N) is 3. The van der Waals surface area contributed by atoms with E-state index in [-0.39, 0.29) is 0 Å². The van der Waals surface area contributed by atoms with Crippen molar-refractivity contribution in [3.8, 4) is 5.88 Å². The van der Waals surface area contributed by atoms with Crippen LogP contribution in [0.4, 0.5) is 11.5 Å². The number of morpholine rings is 1. The normalized spacial score (nSPS) is 15.2. The summed E-state index contributed by atoms with van der Waals surface area (Å²) in [4.78, 5) is 10.6. The molecule has 2 heterocycles. The van der Waals surface area contributed by atoms with Crippen molar-refractivity contribution in [2.24, 2.45) is 4.99 Å². The van der Waals surface area contributed by atoms with Crippen molar-refractivity contribution < 1.29 is 9.47 Å². The van der Waals surface area contributed by atoms with Crippen LogP contribution in [0, 0.1) is 0 Å². The van der Waals surface area contributed by atoms with Crippen LogP contribution in [-0.4, -0.2) is 64.0 Å². The predicted octanol–water partition coefficient (Wildman–Crippen LogP) is 0.454. The molecular weight excluding hydrogens is 308 g/mol. The predicted molar refractivity (Wildman–Crippen MR) is 96.8 cm³/mol. The number of aliphatic imine (C=N–C) groups is 1. The number of aromatic nitrogens is 1. The molecule has 0 bridgehead atoms. The van der Waals surface area contributed by atoms with E-state index >= 15 is 0 Å². The molecule has 1 aromatic rings. The van der Waals surface area contributed by atoms with Crippen molar-refractivity contribution in [1.29, 1.82) is 0 Å². The zero-order chi connectivity index (χ0) is 17.2. The van der Waals surface area contributed by atoms with Gasteiger partial charge in [-0.25, -0.2) is 0 Å². The number of nitrogens with two attached hydrogens (primary N) is 1. The summed E-state index contributed by atoms with van der Waals surface area (Å²) >= 11 is 0. The number of nitrogen functional groups attached to an aromatic ring is 1. The van der Waals surface area contributed by atoms with Crippen LogP contribution in [0.5, 0.6) is 5.88 Å². The molecule has 1 saturated heterocycles. The van der Waals surface area contributed by atoms with E-state index in [4.69, 9.17) is 15.2 Å². The molecular formula is C16H28N6O2. The maximum absolute atomic E-state index is 5.90. The molecule has 1 aromatic heterocycles. The van der Waals surface area contributed by atoms with Gasteiger partial charge in [0.15, 0.2) is 5.96 Å². The summed E-state index contributed by atoms with van der Waals surface area (Å²) in [5.41, 5.74) is 6.92. The largest absolute Gasteiger partial charge is 0.476 e. The maximum Gasteiger partial charge on any atom is 0.217 e. The van der Waals surface area contributed by atoms with Crippen molar-refractivity contribution in [2.45, 2.75) is 13.3 Å². The Labute approximate surface area is 143 Å². The van der Waals surface area contributed by atoms with Gasteiger partial charge in [-0.05, 0) is 6.42 Å². The van der Waals surface area contributed by atoms with Gasteiger partial charge in [-0.15, -0.1) is 0 Å². The molecule has 8 nitrogen and oxygen atoms in total. The molecule has 8 heteroatoms. The first-order valence-electron chi connectivity index (χ1n) is 8.40. The Bertz CT molecular complexity index is 531. The van der Waals surface area contributed by atoms with Crippen LogP contribution in [0.25, 0.3) is 0 Å². The number of hydrogen-bond donors (Lipinski definition) is 3. The first kappa shape index (κ1) is 18.1. The molecule has 0 spiro atoms. The molecule has 2 rings (SSSR count). The van der Waals surface area contributed by atoms with E-state index in [9.17, 15) is 0 Å². The highest BCUT2D eigenvalue weighted by Crippen LogP contribution is 2.23. The number of nitrogens with one attached hydrogen (secondary N) is 2. The van der Waals surface area contributed by atoms with Gasteiger partial charge in [0.05, 0.1) is 19.8 Å². The Morgan fingerprint density at radius 1 is 1.33 bits per heavy atom. The third kappa shape index (κ3) is 5.77. The molecule has 0 saturated carbocycles. The van der Waals surface area contributed by atoms with Gasteiger partial charge in [-0.1, -0.05) is 6.92 Å². The number of rotatable bonds is 7. The van der Waals surface area contributed by atoms with E-state index < -0.39 is 0 Å². The Balaban J connectivity index is 1.82. The minimum absolute atomic E-state index is 0.461. The molecule has 4 N–H and O–H groups in total. The quantitative estimate of drug-likeness (QED) is 0.378. The van der Waals surface area contributed by atoms with E-state index in [2.05, 4.69) is 32.4 Å². The van der Waals surface area contributed by atoms with Gasteiger partial charge >= 0.3 is 0 Å². The second-order valence-electron chi connectivity index (χ2n) is 5.46. The first-order chi connectivity index (χ1) is 11.7. The molecule has 0 unspecified atom stereocenters. The lowest BCUT2D eigenvalue weighted by Crippen LogP contribution is -2.39. The van der Waals surface area contributed by atoms with Gasteiger partial charge in [0.2, 0.25) is 5.88 Å². The lowest BCUT2D eigenvalue weighted by Gasteiger charge is -2.29. The lowest BCUT2D eigenvalue weighted by atomic mass is 10.3. The zero-order valence-electron chi connectivity index (χ0n) is 14.5. The van der Waals surface area contributed by atoms with Crippen LogP contribution >= 0.6 is 0 Å². The highest BCUT2D eigenvalue weighted by Gasteiger charge is 2.13. The molecule has 1 fully saturated rings. The van der Waals surface area contributed by atoms with Gasteiger partial charge < -0.3 is 30.7 Å². The molecule has 1 aliphatic rings. The number of hydrogen-bond acceptors (Lipinski definition) is 6. The molecule has 0 aliphatic carbocycles. The number of guanidine groups is 1. The fourth-order valence-corrected chi connectivity index (χ4v) is 2.38. The van der Waals surface area contributed by atoms with Crippen LogP contribution < -0.4 is 26.0 Å². The van der Waals surface area contributed by atoms with Crippen molar-refractivity contribution >= 4 is 17.5 Å². The van der Waals surface area contributed by atoms with Crippen LogP contribution in [0.3, 0.4) is 0 Å². The van der Waals surface area contributed by atoms with Gasteiger partial charge in [0.25, 0.3) is 0 Å². The monoisotopic (exact) mass is 336 g/mol. The van der Waals surface area contributed by atoms with E-state index in [0.29, 0.717) is 24.8 Å². The number of ether oxygens (including phenoxy) is 2. The second kappa shape index (κ2) is 9.82. The van der Waals surface area contributed by atoms with E-state index in [1.165, 1.54) is 0 Å². The molecule has 0 atom stereocenters. The third-order valence-electron chi connectivity index (χ3n) is 3.59. The summed E-state index contributed by atoms with van der Waals surface area (Å²) < 4.78 is 11.1. The molecule has 134 valence electrons. The van der Waals surface area contributed by atoms with Gasteiger partial charge in [-0.3, -0.25) is 4.99 Å². The average molecular weight is 336 g/mol. The second-order valence-corrected chi connectivity index (χ2v) is 5.46. The van der Waals surface area contributed by atoms with E-state index in [1.54, 1.807) is 7.05 Å². The van der Waals surface area contributed by atoms with Crippen LogP contribution in [0.15, 0.2) is 17.1 Å². The standard InChI is InChI=1S/C16H28N6O2/c1-3-4-19-16(18-2)20-5-8-24-15-12-13(11-14(17)21-15)22-6-9-23-10-7-22/h11-12H,3-10H2,1-2H3,(H2,17,21)(H2,18,19,20). The maximum atomic E-state index is 5.90. The Morgan fingerprint density at radius 2 is 2.08 bits per heavy atom. The van der Waals surface area contributed by atoms with Crippen LogP contribution in [-0.2, 0) is 4.74 Å². The summed E-state index contributed by atoms with van der Waals surface area (Å²) in [6.07, 6.45) is 1.05. The minimum Gasteiger partial charge on any atom is -0.476 e. The topological polar surface area (TPSA) is 97.0 Å². The van der Waals surface area contributed by atoms with Crippen molar-refractivity contribution in [3.05, 3.63) is 12.1 Å². The average Bonchev–Trinajstić information content (AvgIpc) is 2.61. The van der Waals surface area contributed by atoms with E-state index in [0.717, 1.165) is 50.9 Å². The highest BCUT2D eigenvalue weighted by molar-refractivity contribution is 5.79. The van der Waals surface area contributed by atoms with Gasteiger partial charge in [0.1, 0.15) is 12.4 Å². The number of anilines is 2. The molecule has 1 aliphatic heterocycles. The summed E-state index contributed by atoms with van der Waals surface area (Å²) in [5.74, 6) is 1.77. The van der Waals surface area contributed by atoms with Gasteiger partial charge in [-0.2, -0.15) is 4.98 Å². The lowest BCUT2D eigenvalue weighted by molar-refractivity contribution is 0.122. The highest BCUT2D eigenvalue weighted by atomic mass is 16.5. The van der Waals surface area contributed by atoms with Gasteiger partial charge in [0, 0.05) is 44.5 Å². The molecule has 0 amide bonds. The summed E-state index contributed by atoms with van der Waals surface area (Å²) in [5, 5.41) is 6.40. The molecule has 24 heavy (non-hydrogen) atoms. The van der Waals surface area contributed by atoms with Crippen molar-refractivity contribution in [1.82, 2.24) is 15.6 Å². The molecule has 0 radical (unpaired) electrons. The summed E-state index contributed by atoms with van der Waals surface area (Å²) in [6, 6.07) is 3.79. The molecule has 0 aromatic carbocycles. The Kier molecular flexibility index (Phi) is 7.41. The zero-order valence-corrected chi connectivity index (χ0v) is 14.5. The van der Waals surface area contributed by atoms with Crippen molar-refractivity contribution in [2.75, 3.05) is 63.7 Å². The Hall–Kier alpha value is -2.22. The third-order valence-corrected chi connectivity index (χ3v) is 3.59. The minimum atomic E-state index is 0.461. The summed E-state index contributed by atoms with van der Waals surface area (Å²) in [6.45, 7) is 7.27. The van der Waals surface area contributed by atoms with E-state index in [1.807, 2.05) is 12.1 Å². The van der Waals surface area contributed by atoms with Crippen molar-refractivity contribution in [3.63, 3.8) is 0 Å². The summed E-state index contributed by atoms with van der Waals surface area (Å²) in [7, 11) is 1.75. The smallest absolute Gasteiger partial charge is 0.217 e. The number of pyridine rings is 1. The Morgan fingerprint density at radius 3 is 2.79 bits per heavy atom.